The average molecular weight is 550 g/mol. The number of sulfonamides is 2. The summed E-state index contributed by atoms with van der Waals surface area (Å²) < 4.78 is 60.2. The highest BCUT2D eigenvalue weighted by molar-refractivity contribution is 7.89. The average Bonchev–Trinajstić information content (AvgIpc) is 3.30. The number of nitrogens with zero attached hydrogens (tertiary/aromatic N) is 2. The Balaban J connectivity index is 1.32. The van der Waals surface area contributed by atoms with E-state index in [-0.39, 0.29) is 28.8 Å². The van der Waals surface area contributed by atoms with Gasteiger partial charge in [-0.15, -0.1) is 0 Å². The van der Waals surface area contributed by atoms with E-state index in [0.717, 1.165) is 38.5 Å². The van der Waals surface area contributed by atoms with Crippen LogP contribution in [0.15, 0.2) is 52.3 Å². The number of ether oxygens (including phenoxy) is 1. The van der Waals surface area contributed by atoms with Gasteiger partial charge in [-0.2, -0.15) is 8.61 Å². The Bertz CT molecular complexity index is 1300. The third-order valence-electron chi connectivity index (χ3n) is 6.84. The second-order valence-corrected chi connectivity index (χ2v) is 13.4. The fourth-order valence-electron chi connectivity index (χ4n) is 4.65. The Kier molecular flexibility index (Phi) is 8.89. The lowest BCUT2D eigenvalue weighted by Gasteiger charge is -2.20. The van der Waals surface area contributed by atoms with Crippen LogP contribution in [0, 0.1) is 6.92 Å². The van der Waals surface area contributed by atoms with Crippen LogP contribution in [0.2, 0.25) is 0 Å². The van der Waals surface area contributed by atoms with Gasteiger partial charge >= 0.3 is 0 Å². The predicted molar refractivity (Wildman–Crippen MR) is 141 cm³/mol. The van der Waals surface area contributed by atoms with E-state index in [4.69, 9.17) is 4.74 Å². The van der Waals surface area contributed by atoms with Gasteiger partial charge in [0, 0.05) is 31.7 Å². The second kappa shape index (κ2) is 11.9. The molecule has 11 heteroatoms. The van der Waals surface area contributed by atoms with E-state index >= 15 is 0 Å². The van der Waals surface area contributed by atoms with Crippen LogP contribution in [0.4, 0.5) is 0 Å². The van der Waals surface area contributed by atoms with Crippen molar-refractivity contribution in [1.29, 1.82) is 0 Å². The molecule has 2 fully saturated rings. The minimum absolute atomic E-state index is 0.130. The van der Waals surface area contributed by atoms with Crippen molar-refractivity contribution >= 4 is 26.0 Å². The maximum absolute atomic E-state index is 13.1. The molecule has 2 saturated heterocycles. The fraction of sp³-hybridized carbons (Fsp3) is 0.500. The smallest absolute Gasteiger partial charge is 0.251 e. The molecule has 1 N–H and O–H groups in total. The van der Waals surface area contributed by atoms with Crippen LogP contribution in [0.5, 0.6) is 5.75 Å². The SMILES string of the molecule is Cc1ccc(S(=O)(=O)N2CCCCCC2)cc1C(=O)NCCOc1ccc(S(=O)(=O)N2CCCC2)cc1. The number of hydrogen-bond donors (Lipinski definition) is 1. The zero-order valence-electron chi connectivity index (χ0n) is 21.2. The van der Waals surface area contributed by atoms with Crippen LogP contribution in [-0.4, -0.2) is 70.7 Å². The molecule has 2 aromatic carbocycles. The Morgan fingerprint density at radius 1 is 0.784 bits per heavy atom. The molecule has 0 radical (unpaired) electrons. The first-order valence-corrected chi connectivity index (χ1v) is 15.7. The standard InChI is InChI=1S/C26H35N3O6S2/c1-21-8-11-24(37(33,34)29-15-4-2-3-5-16-29)20-25(21)26(30)27-14-19-35-22-9-12-23(13-10-22)36(31,32)28-17-6-7-18-28/h8-13,20H,2-7,14-19H2,1H3,(H,27,30). The Labute approximate surface area is 219 Å². The fourth-order valence-corrected chi connectivity index (χ4v) is 7.71. The molecule has 2 aliphatic rings. The topological polar surface area (TPSA) is 113 Å². The third kappa shape index (κ3) is 6.51. The Morgan fingerprint density at radius 2 is 1.30 bits per heavy atom. The molecule has 0 spiro atoms. The molecule has 0 atom stereocenters. The van der Waals surface area contributed by atoms with Gasteiger partial charge in [-0.05, 0) is 74.6 Å². The summed E-state index contributed by atoms with van der Waals surface area (Å²) in [6, 6.07) is 10.9. The number of carbonyl (C=O) groups is 1. The van der Waals surface area contributed by atoms with Gasteiger partial charge in [-0.3, -0.25) is 4.79 Å². The van der Waals surface area contributed by atoms with E-state index in [1.807, 2.05) is 0 Å². The van der Waals surface area contributed by atoms with Gasteiger partial charge in [-0.25, -0.2) is 16.8 Å². The number of nitrogens with one attached hydrogen (secondary N) is 1. The zero-order chi connectivity index (χ0) is 26.5. The van der Waals surface area contributed by atoms with E-state index in [1.54, 1.807) is 31.2 Å². The number of carbonyl (C=O) groups excluding carboxylic acids is 1. The summed E-state index contributed by atoms with van der Waals surface area (Å²) in [5, 5.41) is 2.78. The van der Waals surface area contributed by atoms with Crippen molar-refractivity contribution in [2.45, 2.75) is 55.2 Å². The zero-order valence-corrected chi connectivity index (χ0v) is 22.8. The largest absolute Gasteiger partial charge is 0.492 e. The molecule has 202 valence electrons. The van der Waals surface area contributed by atoms with Crippen LogP contribution in [-0.2, 0) is 20.0 Å². The molecule has 1 amide bonds. The first-order chi connectivity index (χ1) is 17.7. The summed E-state index contributed by atoms with van der Waals surface area (Å²) >= 11 is 0. The van der Waals surface area contributed by atoms with Gasteiger partial charge in [0.1, 0.15) is 12.4 Å². The number of hydrogen-bond acceptors (Lipinski definition) is 6. The summed E-state index contributed by atoms with van der Waals surface area (Å²) in [5.41, 5.74) is 0.996. The van der Waals surface area contributed by atoms with Gasteiger partial charge in [0.25, 0.3) is 5.91 Å². The molecule has 2 heterocycles. The van der Waals surface area contributed by atoms with E-state index in [9.17, 15) is 21.6 Å². The first-order valence-electron chi connectivity index (χ1n) is 12.8. The number of rotatable bonds is 9. The van der Waals surface area contributed by atoms with E-state index in [0.29, 0.717) is 43.1 Å². The lowest BCUT2D eigenvalue weighted by molar-refractivity contribution is 0.0946. The molecule has 0 bridgehead atoms. The minimum atomic E-state index is -3.66. The predicted octanol–water partition coefficient (Wildman–Crippen LogP) is 3.15. The number of aryl methyl sites for hydroxylation is 1. The van der Waals surface area contributed by atoms with Crippen molar-refractivity contribution in [3.05, 3.63) is 53.6 Å². The summed E-state index contributed by atoms with van der Waals surface area (Å²) in [5.74, 6) is 0.123. The molecular weight excluding hydrogens is 514 g/mol. The van der Waals surface area contributed by atoms with Crippen molar-refractivity contribution < 1.29 is 26.4 Å². The van der Waals surface area contributed by atoms with Gasteiger partial charge < -0.3 is 10.1 Å². The van der Waals surface area contributed by atoms with Crippen LogP contribution in [0.3, 0.4) is 0 Å². The maximum Gasteiger partial charge on any atom is 0.251 e. The van der Waals surface area contributed by atoms with Gasteiger partial charge in [0.05, 0.1) is 16.3 Å². The van der Waals surface area contributed by atoms with Crippen molar-refractivity contribution in [1.82, 2.24) is 13.9 Å². The molecule has 9 nitrogen and oxygen atoms in total. The summed E-state index contributed by atoms with van der Waals surface area (Å²) in [6.07, 6.45) is 5.49. The highest BCUT2D eigenvalue weighted by Crippen LogP contribution is 2.24. The lowest BCUT2D eigenvalue weighted by Crippen LogP contribution is -2.32. The van der Waals surface area contributed by atoms with Gasteiger partial charge in [0.2, 0.25) is 20.0 Å². The molecule has 0 unspecified atom stereocenters. The molecule has 0 aromatic heterocycles. The lowest BCUT2D eigenvalue weighted by atomic mass is 10.1. The third-order valence-corrected chi connectivity index (χ3v) is 10.6. The van der Waals surface area contributed by atoms with Crippen molar-refractivity contribution in [3.8, 4) is 5.75 Å². The molecule has 0 saturated carbocycles. The Morgan fingerprint density at radius 3 is 1.89 bits per heavy atom. The van der Waals surface area contributed by atoms with Crippen LogP contribution >= 0.6 is 0 Å². The van der Waals surface area contributed by atoms with Crippen molar-refractivity contribution in [2.24, 2.45) is 0 Å². The normalized spacial score (nSPS) is 17.9. The monoisotopic (exact) mass is 549 g/mol. The quantitative estimate of drug-likeness (QED) is 0.481. The van der Waals surface area contributed by atoms with Crippen LogP contribution < -0.4 is 10.1 Å². The highest BCUT2D eigenvalue weighted by Gasteiger charge is 2.28. The van der Waals surface area contributed by atoms with E-state index in [2.05, 4.69) is 5.32 Å². The van der Waals surface area contributed by atoms with Gasteiger partial charge in [-0.1, -0.05) is 18.9 Å². The van der Waals surface area contributed by atoms with Crippen molar-refractivity contribution in [2.75, 3.05) is 39.3 Å². The van der Waals surface area contributed by atoms with Gasteiger partial charge in [0.15, 0.2) is 0 Å². The first kappa shape index (κ1) is 27.6. The number of benzene rings is 2. The van der Waals surface area contributed by atoms with E-state index in [1.165, 1.54) is 26.8 Å². The molecule has 37 heavy (non-hydrogen) atoms. The van der Waals surface area contributed by atoms with Crippen LogP contribution in [0.1, 0.15) is 54.4 Å². The second-order valence-electron chi connectivity index (χ2n) is 9.48. The Hall–Kier alpha value is -2.47. The molecule has 2 aromatic rings. The molecular formula is C26H35N3O6S2. The maximum atomic E-state index is 13.1. The molecule has 4 rings (SSSR count). The number of amides is 1. The van der Waals surface area contributed by atoms with E-state index < -0.39 is 20.0 Å². The summed E-state index contributed by atoms with van der Waals surface area (Å²) in [6.45, 7) is 4.25. The van der Waals surface area contributed by atoms with Crippen molar-refractivity contribution in [3.63, 3.8) is 0 Å². The summed E-state index contributed by atoms with van der Waals surface area (Å²) in [4.78, 5) is 13.2. The highest BCUT2D eigenvalue weighted by atomic mass is 32.2. The van der Waals surface area contributed by atoms with Crippen LogP contribution in [0.25, 0.3) is 0 Å². The molecule has 0 aliphatic carbocycles. The molecule has 2 aliphatic heterocycles. The minimum Gasteiger partial charge on any atom is -0.492 e. The summed E-state index contributed by atoms with van der Waals surface area (Å²) in [7, 11) is -7.13.